The van der Waals surface area contributed by atoms with Crippen molar-refractivity contribution < 1.29 is 80.2 Å². The average molecular weight is 1600 g/mol. The summed E-state index contributed by atoms with van der Waals surface area (Å²) in [5.74, 6) is -2.38. The lowest BCUT2D eigenvalue weighted by Crippen LogP contribution is -2.30. The molecule has 0 bridgehead atoms. The lowest BCUT2D eigenvalue weighted by Gasteiger charge is -2.21. The van der Waals surface area contributed by atoms with Crippen LogP contribution in [0.1, 0.15) is 297 Å². The van der Waals surface area contributed by atoms with E-state index in [2.05, 4.69) is 216 Å². The Morgan fingerprint density at radius 1 is 0.259 bits per heavy atom. The number of ether oxygens (including phenoxy) is 4. The fourth-order valence-corrected chi connectivity index (χ4v) is 11.9. The molecule has 0 aromatic carbocycles. The zero-order chi connectivity index (χ0) is 81.7. The molecule has 2 unspecified atom stereocenters. The minimum atomic E-state index is -5.03. The maximum atomic E-state index is 13.1. The molecule has 3 N–H and O–H groups in total. The smallest absolute Gasteiger partial charge is 0.462 e. The van der Waals surface area contributed by atoms with Crippen molar-refractivity contribution in [2.45, 2.75) is 316 Å². The van der Waals surface area contributed by atoms with Crippen LogP contribution in [0.2, 0.25) is 0 Å². The predicted molar refractivity (Wildman–Crippen MR) is 463 cm³/mol. The summed E-state index contributed by atoms with van der Waals surface area (Å²) < 4.78 is 68.6. The average Bonchev–Trinajstić information content (AvgIpc) is 0.908. The number of esters is 4. The molecule has 0 aromatic rings. The van der Waals surface area contributed by atoms with Crippen molar-refractivity contribution in [1.29, 1.82) is 0 Å². The van der Waals surface area contributed by atoms with Gasteiger partial charge in [-0.25, -0.2) is 9.13 Å². The van der Waals surface area contributed by atoms with Gasteiger partial charge in [-0.15, -0.1) is 0 Å². The predicted octanol–water partition coefficient (Wildman–Crippen LogP) is 25.4. The third-order valence-corrected chi connectivity index (χ3v) is 18.6. The van der Waals surface area contributed by atoms with Gasteiger partial charge in [0.2, 0.25) is 0 Å². The van der Waals surface area contributed by atoms with Crippen molar-refractivity contribution in [1.82, 2.24) is 0 Å². The van der Waals surface area contributed by atoms with E-state index >= 15 is 0 Å². The first-order valence-corrected chi connectivity index (χ1v) is 45.3. The molecule has 0 spiro atoms. The third kappa shape index (κ3) is 81.6. The Morgan fingerprint density at radius 2 is 0.482 bits per heavy atom. The van der Waals surface area contributed by atoms with Gasteiger partial charge in [-0.1, -0.05) is 292 Å². The maximum absolute atomic E-state index is 13.1. The van der Waals surface area contributed by atoms with E-state index < -0.39 is 97.5 Å². The highest BCUT2D eigenvalue weighted by Crippen LogP contribution is 2.45. The van der Waals surface area contributed by atoms with Crippen molar-refractivity contribution >= 4 is 39.5 Å². The minimum Gasteiger partial charge on any atom is -0.462 e. The number of phosphoric ester groups is 2. The monoisotopic (exact) mass is 1600 g/mol. The lowest BCUT2D eigenvalue weighted by molar-refractivity contribution is -0.161. The molecule has 5 atom stereocenters. The highest BCUT2D eigenvalue weighted by molar-refractivity contribution is 7.47. The van der Waals surface area contributed by atoms with E-state index in [9.17, 15) is 43.2 Å². The Balaban J connectivity index is 5.56. The molecular weight excluding hydrogens is 1450 g/mol. The Morgan fingerprint density at radius 3 is 0.777 bits per heavy atom. The summed E-state index contributed by atoms with van der Waals surface area (Å²) in [6, 6.07) is 0. The molecule has 0 rings (SSSR count). The van der Waals surface area contributed by atoms with Crippen LogP contribution in [-0.2, 0) is 65.4 Å². The van der Waals surface area contributed by atoms with Gasteiger partial charge in [0.15, 0.2) is 12.2 Å². The van der Waals surface area contributed by atoms with Crippen LogP contribution in [0.15, 0.2) is 207 Å². The second-order valence-corrected chi connectivity index (χ2v) is 30.2. The Bertz CT molecular complexity index is 2940. The first-order chi connectivity index (χ1) is 54.7. The number of allylic oxidation sites excluding steroid dienone is 34. The number of carbonyl (C=O) groups is 4. The summed E-state index contributed by atoms with van der Waals surface area (Å²) in [6.07, 6.45) is 104. The van der Waals surface area contributed by atoms with Crippen LogP contribution in [-0.4, -0.2) is 96.7 Å². The van der Waals surface area contributed by atoms with Crippen LogP contribution in [0.25, 0.3) is 0 Å². The van der Waals surface area contributed by atoms with Crippen LogP contribution in [0, 0.1) is 0 Å². The number of hydrogen-bond donors (Lipinski definition) is 3. The van der Waals surface area contributed by atoms with Gasteiger partial charge in [0, 0.05) is 25.7 Å². The van der Waals surface area contributed by atoms with E-state index in [1.165, 1.54) is 38.5 Å². The first-order valence-electron chi connectivity index (χ1n) is 42.3. The zero-order valence-electron chi connectivity index (χ0n) is 69.3. The van der Waals surface area contributed by atoms with E-state index in [-0.39, 0.29) is 25.7 Å². The Labute approximate surface area is 678 Å². The van der Waals surface area contributed by atoms with Gasteiger partial charge >= 0.3 is 39.5 Å². The van der Waals surface area contributed by atoms with Gasteiger partial charge in [0.05, 0.1) is 26.4 Å². The maximum Gasteiger partial charge on any atom is 0.472 e. The molecule has 632 valence electrons. The topological polar surface area (TPSA) is 237 Å². The van der Waals surface area contributed by atoms with Gasteiger partial charge in [0.1, 0.15) is 19.3 Å². The number of aliphatic hydroxyl groups is 1. The molecular formula is C93H148O17P2. The fourth-order valence-electron chi connectivity index (χ4n) is 10.3. The van der Waals surface area contributed by atoms with Gasteiger partial charge in [0.25, 0.3) is 0 Å². The molecule has 0 aliphatic rings. The zero-order valence-corrected chi connectivity index (χ0v) is 71.0. The molecule has 0 saturated heterocycles. The molecule has 0 aliphatic heterocycles. The Kier molecular flexibility index (Phi) is 77.9. The van der Waals surface area contributed by atoms with Crippen molar-refractivity contribution in [3.05, 3.63) is 207 Å². The van der Waals surface area contributed by atoms with Crippen molar-refractivity contribution in [3.8, 4) is 0 Å². The number of phosphoric acid groups is 2. The largest absolute Gasteiger partial charge is 0.472 e. The van der Waals surface area contributed by atoms with Crippen molar-refractivity contribution in [2.24, 2.45) is 0 Å². The summed E-state index contributed by atoms with van der Waals surface area (Å²) in [5.41, 5.74) is 0. The summed E-state index contributed by atoms with van der Waals surface area (Å²) >= 11 is 0. The quantitative estimate of drug-likeness (QED) is 0.0169. The van der Waals surface area contributed by atoms with Crippen LogP contribution in [0.5, 0.6) is 0 Å². The molecule has 0 radical (unpaired) electrons. The van der Waals surface area contributed by atoms with E-state index in [0.29, 0.717) is 32.1 Å². The second-order valence-electron chi connectivity index (χ2n) is 27.3. The van der Waals surface area contributed by atoms with E-state index in [1.807, 2.05) is 18.2 Å². The van der Waals surface area contributed by atoms with Crippen LogP contribution in [0.3, 0.4) is 0 Å². The van der Waals surface area contributed by atoms with E-state index in [1.54, 1.807) is 0 Å². The molecule has 0 fully saturated rings. The molecule has 0 saturated carbocycles. The van der Waals surface area contributed by atoms with Gasteiger partial charge < -0.3 is 33.8 Å². The second kappa shape index (κ2) is 82.6. The summed E-state index contributed by atoms with van der Waals surface area (Å²) in [6.45, 7) is 4.40. The van der Waals surface area contributed by atoms with Gasteiger partial charge in [-0.2, -0.15) is 0 Å². The molecule has 0 heterocycles. The SMILES string of the molecule is CC/C=C\C/C=C\C/C=C\C/C=C\C/C=C\CCCCCC(=O)OC[C@H](COP(=O)(O)OC[C@@H](O)COP(=O)(O)OC[C@@H](COC(=O)CCCCCCC/C=C\C/C=C\CCCCC)OC(=O)CCCCC/C=C\C/C=C\C/C=C\C/C=C\C/C=C\CC)OC(=O)CC/C=C\C/C=C\C/C=C\C/C=C\C/C=C\CCCCC. The molecule has 17 nitrogen and oxygen atoms in total. The highest BCUT2D eigenvalue weighted by atomic mass is 31.2. The fraction of sp³-hybridized carbons (Fsp3) is 0.591. The number of aliphatic hydroxyl groups excluding tert-OH is 1. The molecule has 0 aromatic heterocycles. The van der Waals surface area contributed by atoms with Crippen LogP contribution in [0.4, 0.5) is 0 Å². The minimum absolute atomic E-state index is 0.0417. The molecule has 112 heavy (non-hydrogen) atoms. The number of carbonyl (C=O) groups excluding carboxylic acids is 4. The molecule has 0 amide bonds. The van der Waals surface area contributed by atoms with E-state index in [4.69, 9.17) is 37.0 Å². The van der Waals surface area contributed by atoms with Gasteiger partial charge in [-0.3, -0.25) is 37.3 Å². The Hall–Kier alpha value is -6.36. The van der Waals surface area contributed by atoms with Crippen LogP contribution < -0.4 is 0 Å². The number of unbranched alkanes of at least 4 members (excludes halogenated alkanes) is 17. The normalized spacial score (nSPS) is 14.8. The third-order valence-electron chi connectivity index (χ3n) is 16.7. The first kappa shape index (κ1) is 106. The van der Waals surface area contributed by atoms with Crippen molar-refractivity contribution in [2.75, 3.05) is 39.6 Å². The summed E-state index contributed by atoms with van der Waals surface area (Å²) in [7, 11) is -10.0. The highest BCUT2D eigenvalue weighted by Gasteiger charge is 2.30. The molecule has 19 heteroatoms. The number of rotatable bonds is 77. The van der Waals surface area contributed by atoms with Gasteiger partial charge in [-0.05, 0) is 186 Å². The lowest BCUT2D eigenvalue weighted by atomic mass is 10.1. The number of hydrogen-bond acceptors (Lipinski definition) is 15. The molecule has 0 aliphatic carbocycles. The van der Waals surface area contributed by atoms with Crippen molar-refractivity contribution in [3.63, 3.8) is 0 Å². The van der Waals surface area contributed by atoms with E-state index in [0.717, 1.165) is 173 Å². The standard InChI is InChI=1S/C93H148O17P2/c1-5-9-13-17-21-25-29-33-37-40-43-46-50-54-58-62-66-70-74-78-91(96)104-84-89(110-93(98)80-76-72-68-64-60-56-52-48-45-42-39-35-31-27-23-19-15-11-7-3)86-108-112(101,102)106-82-87(94)81-105-111(99,100)107-85-88(83-103-90(95)77-73-69-65-61-57-53-49-36-32-28-24-20-16-12-8-4)109-92(97)79-75-71-67-63-59-55-51-47-44-41-38-34-30-26-22-18-14-10-6-2/h9-10,13-14,21-28,33-39,43-49,54-56,58-60,68,72,87-89,94H,5-8,11-12,15-20,29-32,40-42,50-53,57,61-67,69-71,73-86H2,1-4H3,(H,99,100)(H,101,102)/b13-9-,14-10-,25-21-,26-22-,27-23-,28-24-,37-33-,38-34-,39-35-,46-43-,47-44-,48-45-,49-36-,58-54-,59-55-,60-56-,72-68-/t87-,88+,89+/m0/s1. The summed E-state index contributed by atoms with van der Waals surface area (Å²) in [4.78, 5) is 73.2. The van der Waals surface area contributed by atoms with Crippen LogP contribution >= 0.6 is 15.6 Å². The summed E-state index contributed by atoms with van der Waals surface area (Å²) in [5, 5.41) is 10.7.